The van der Waals surface area contributed by atoms with E-state index in [9.17, 15) is 18.4 Å². The third-order valence-corrected chi connectivity index (χ3v) is 6.67. The zero-order valence-corrected chi connectivity index (χ0v) is 18.4. The van der Waals surface area contributed by atoms with Crippen molar-refractivity contribution in [2.45, 2.75) is 50.0 Å². The molecule has 2 aromatic rings. The molecule has 1 saturated carbocycles. The number of nitrogens with one attached hydrogen (secondary N) is 2. The Hall–Kier alpha value is -2.41. The van der Waals surface area contributed by atoms with Gasteiger partial charge in [-0.2, -0.15) is 0 Å². The van der Waals surface area contributed by atoms with Gasteiger partial charge in [0.05, 0.1) is 17.4 Å². The Morgan fingerprint density at radius 1 is 1.06 bits per heavy atom. The molecule has 1 aliphatic rings. The maximum Gasteiger partial charge on any atom is 0.252 e. The Labute approximate surface area is 186 Å². The molecule has 0 spiro atoms. The van der Waals surface area contributed by atoms with Crippen molar-refractivity contribution >= 4 is 23.6 Å². The van der Waals surface area contributed by atoms with E-state index >= 15 is 0 Å². The van der Waals surface area contributed by atoms with Gasteiger partial charge in [0, 0.05) is 11.4 Å². The summed E-state index contributed by atoms with van der Waals surface area (Å²) in [6, 6.07) is 10.1. The maximum atomic E-state index is 13.5. The van der Waals surface area contributed by atoms with Crippen molar-refractivity contribution in [3.8, 4) is 0 Å². The topological polar surface area (TPSA) is 58.2 Å². The number of hydrogen-bond donors (Lipinski definition) is 2. The SMILES string of the molecule is CC(NC(=O)c1ccccc1SCC(=O)NCC1CCCCC1)c1ccc(F)c(F)c1. The van der Waals surface area contributed by atoms with Crippen LogP contribution in [0.5, 0.6) is 0 Å². The summed E-state index contributed by atoms with van der Waals surface area (Å²) in [6.45, 7) is 2.42. The van der Waals surface area contributed by atoms with Gasteiger partial charge in [0.1, 0.15) is 0 Å². The van der Waals surface area contributed by atoms with Gasteiger partial charge in [0.15, 0.2) is 11.6 Å². The molecule has 31 heavy (non-hydrogen) atoms. The Balaban J connectivity index is 1.55. The quantitative estimate of drug-likeness (QED) is 0.545. The van der Waals surface area contributed by atoms with Crippen LogP contribution in [-0.4, -0.2) is 24.1 Å². The summed E-state index contributed by atoms with van der Waals surface area (Å²) in [5.74, 6) is -1.45. The second kappa shape index (κ2) is 11.3. The second-order valence-corrected chi connectivity index (χ2v) is 8.98. The van der Waals surface area contributed by atoms with Crippen LogP contribution >= 0.6 is 11.8 Å². The molecule has 3 rings (SSSR count). The summed E-state index contributed by atoms with van der Waals surface area (Å²) in [7, 11) is 0. The fourth-order valence-corrected chi connectivity index (χ4v) is 4.64. The lowest BCUT2D eigenvalue weighted by atomic mass is 9.89. The third kappa shape index (κ3) is 6.79. The molecule has 7 heteroatoms. The van der Waals surface area contributed by atoms with Gasteiger partial charge in [-0.3, -0.25) is 9.59 Å². The molecule has 4 nitrogen and oxygen atoms in total. The Bertz CT molecular complexity index is 916. The minimum atomic E-state index is -0.950. The molecular weight excluding hydrogens is 418 g/mol. The molecule has 1 fully saturated rings. The minimum Gasteiger partial charge on any atom is -0.355 e. The van der Waals surface area contributed by atoms with E-state index < -0.39 is 17.7 Å². The highest BCUT2D eigenvalue weighted by Gasteiger charge is 2.18. The van der Waals surface area contributed by atoms with Gasteiger partial charge in [0.2, 0.25) is 5.91 Å². The van der Waals surface area contributed by atoms with Gasteiger partial charge in [-0.05, 0) is 55.5 Å². The largest absolute Gasteiger partial charge is 0.355 e. The first-order valence-electron chi connectivity index (χ1n) is 10.7. The van der Waals surface area contributed by atoms with Crippen molar-refractivity contribution < 1.29 is 18.4 Å². The fourth-order valence-electron chi connectivity index (χ4n) is 3.76. The Kier molecular flexibility index (Phi) is 8.46. The summed E-state index contributed by atoms with van der Waals surface area (Å²) >= 11 is 1.31. The van der Waals surface area contributed by atoms with E-state index in [1.807, 2.05) is 6.07 Å². The summed E-state index contributed by atoms with van der Waals surface area (Å²) in [6.07, 6.45) is 6.11. The number of halogens is 2. The number of carbonyl (C=O) groups is 2. The molecule has 0 aromatic heterocycles. The summed E-state index contributed by atoms with van der Waals surface area (Å²) in [5, 5.41) is 5.82. The molecule has 2 aromatic carbocycles. The molecule has 0 radical (unpaired) electrons. The summed E-state index contributed by atoms with van der Waals surface area (Å²) in [4.78, 5) is 25.7. The molecule has 166 valence electrons. The molecule has 1 unspecified atom stereocenters. The summed E-state index contributed by atoms with van der Waals surface area (Å²) in [5.41, 5.74) is 0.918. The number of rotatable bonds is 8. The van der Waals surface area contributed by atoms with Crippen LogP contribution in [0.4, 0.5) is 8.78 Å². The highest BCUT2D eigenvalue weighted by Crippen LogP contribution is 2.25. The summed E-state index contributed by atoms with van der Waals surface area (Å²) < 4.78 is 26.6. The lowest BCUT2D eigenvalue weighted by Gasteiger charge is -2.21. The van der Waals surface area contributed by atoms with Gasteiger partial charge in [-0.15, -0.1) is 11.8 Å². The number of benzene rings is 2. The molecular formula is C24H28F2N2O2S. The standard InChI is InChI=1S/C24H28F2N2O2S/c1-16(18-11-12-20(25)21(26)13-18)28-24(30)19-9-5-6-10-22(19)31-15-23(29)27-14-17-7-3-2-4-8-17/h5-6,9-13,16-17H,2-4,7-8,14-15H2,1H3,(H,27,29)(H,28,30). The second-order valence-electron chi connectivity index (χ2n) is 7.96. The molecule has 0 saturated heterocycles. The minimum absolute atomic E-state index is 0.0408. The van der Waals surface area contributed by atoms with Crippen molar-refractivity contribution in [3.05, 3.63) is 65.2 Å². The molecule has 2 amide bonds. The Morgan fingerprint density at radius 2 is 1.81 bits per heavy atom. The van der Waals surface area contributed by atoms with Crippen molar-refractivity contribution in [2.75, 3.05) is 12.3 Å². The zero-order chi connectivity index (χ0) is 22.2. The van der Waals surface area contributed by atoms with E-state index in [4.69, 9.17) is 0 Å². The number of hydrogen-bond acceptors (Lipinski definition) is 3. The van der Waals surface area contributed by atoms with Gasteiger partial charge in [-0.25, -0.2) is 8.78 Å². The van der Waals surface area contributed by atoms with Crippen LogP contribution in [0.1, 0.15) is 61.0 Å². The van der Waals surface area contributed by atoms with Crippen molar-refractivity contribution in [2.24, 2.45) is 5.92 Å². The monoisotopic (exact) mass is 446 g/mol. The fraction of sp³-hybridized carbons (Fsp3) is 0.417. The lowest BCUT2D eigenvalue weighted by Crippen LogP contribution is -2.31. The third-order valence-electron chi connectivity index (χ3n) is 5.59. The predicted octanol–water partition coefficient (Wildman–Crippen LogP) is 5.24. The van der Waals surface area contributed by atoms with E-state index in [1.54, 1.807) is 25.1 Å². The van der Waals surface area contributed by atoms with Crippen LogP contribution in [0.3, 0.4) is 0 Å². The lowest BCUT2D eigenvalue weighted by molar-refractivity contribution is -0.118. The van der Waals surface area contributed by atoms with Crippen LogP contribution in [0.15, 0.2) is 47.4 Å². The van der Waals surface area contributed by atoms with Crippen LogP contribution in [0.2, 0.25) is 0 Å². The van der Waals surface area contributed by atoms with E-state index in [0.717, 1.165) is 12.1 Å². The van der Waals surface area contributed by atoms with Crippen molar-refractivity contribution in [3.63, 3.8) is 0 Å². The van der Waals surface area contributed by atoms with Gasteiger partial charge < -0.3 is 10.6 Å². The van der Waals surface area contributed by atoms with Crippen LogP contribution in [-0.2, 0) is 4.79 Å². The zero-order valence-electron chi connectivity index (χ0n) is 17.6. The average Bonchev–Trinajstić information content (AvgIpc) is 2.78. The van der Waals surface area contributed by atoms with Gasteiger partial charge in [-0.1, -0.05) is 37.5 Å². The van der Waals surface area contributed by atoms with Crippen molar-refractivity contribution in [1.29, 1.82) is 0 Å². The highest BCUT2D eigenvalue weighted by molar-refractivity contribution is 8.00. The van der Waals surface area contributed by atoms with Crippen LogP contribution in [0.25, 0.3) is 0 Å². The normalized spacial score (nSPS) is 15.3. The van der Waals surface area contributed by atoms with Crippen LogP contribution < -0.4 is 10.6 Å². The van der Waals surface area contributed by atoms with E-state index in [2.05, 4.69) is 10.6 Å². The van der Waals surface area contributed by atoms with E-state index in [0.29, 0.717) is 28.5 Å². The number of amides is 2. The molecule has 1 aliphatic carbocycles. The maximum absolute atomic E-state index is 13.5. The highest BCUT2D eigenvalue weighted by atomic mass is 32.2. The predicted molar refractivity (Wildman–Crippen MR) is 119 cm³/mol. The number of carbonyl (C=O) groups excluding carboxylic acids is 2. The molecule has 0 heterocycles. The van der Waals surface area contributed by atoms with E-state index in [1.165, 1.54) is 49.9 Å². The van der Waals surface area contributed by atoms with Gasteiger partial charge >= 0.3 is 0 Å². The first-order chi connectivity index (χ1) is 14.9. The first kappa shape index (κ1) is 23.3. The van der Waals surface area contributed by atoms with Gasteiger partial charge in [0.25, 0.3) is 5.91 Å². The molecule has 0 aliphatic heterocycles. The number of thioether (sulfide) groups is 1. The molecule has 2 N–H and O–H groups in total. The first-order valence-corrected chi connectivity index (χ1v) is 11.7. The smallest absolute Gasteiger partial charge is 0.252 e. The van der Waals surface area contributed by atoms with E-state index in [-0.39, 0.29) is 17.6 Å². The van der Waals surface area contributed by atoms with Crippen molar-refractivity contribution in [1.82, 2.24) is 10.6 Å². The molecule has 1 atom stereocenters. The molecule has 0 bridgehead atoms. The average molecular weight is 447 g/mol. The van der Waals surface area contributed by atoms with Crippen LogP contribution in [0, 0.1) is 17.6 Å². The Morgan fingerprint density at radius 3 is 2.55 bits per heavy atom.